The fourth-order valence-corrected chi connectivity index (χ4v) is 3.65. The average molecular weight is 313 g/mol. The summed E-state index contributed by atoms with van der Waals surface area (Å²) in [5, 5.41) is 0. The van der Waals surface area contributed by atoms with Crippen LogP contribution in [0.3, 0.4) is 0 Å². The first kappa shape index (κ1) is 15.0. The number of aromatic nitrogens is 2. The normalized spacial score (nSPS) is 19.7. The van der Waals surface area contributed by atoms with E-state index in [9.17, 15) is 0 Å². The zero-order valence-corrected chi connectivity index (χ0v) is 14.0. The van der Waals surface area contributed by atoms with Gasteiger partial charge in [-0.2, -0.15) is 0 Å². The molecule has 0 unspecified atom stereocenters. The summed E-state index contributed by atoms with van der Waals surface area (Å²) in [5.41, 5.74) is 10.6. The van der Waals surface area contributed by atoms with Crippen molar-refractivity contribution in [2.24, 2.45) is 5.73 Å². The molecule has 0 bridgehead atoms. The number of hydrogen-bond donors (Lipinski definition) is 1. The first-order chi connectivity index (χ1) is 11.3. The van der Waals surface area contributed by atoms with Crippen LogP contribution in [0.25, 0.3) is 5.65 Å². The molecule has 4 rings (SSSR count). The number of imidazole rings is 1. The second-order valence-corrected chi connectivity index (χ2v) is 6.93. The third-order valence-corrected chi connectivity index (χ3v) is 5.11. The number of pyridine rings is 1. The van der Waals surface area contributed by atoms with Gasteiger partial charge in [-0.1, -0.05) is 6.92 Å². The molecule has 23 heavy (non-hydrogen) atoms. The van der Waals surface area contributed by atoms with Gasteiger partial charge in [-0.05, 0) is 43.4 Å². The van der Waals surface area contributed by atoms with Crippen molar-refractivity contribution in [3.05, 3.63) is 29.7 Å². The lowest BCUT2D eigenvalue weighted by Crippen LogP contribution is -2.46. The lowest BCUT2D eigenvalue weighted by molar-refractivity contribution is 0.258. The summed E-state index contributed by atoms with van der Waals surface area (Å²) in [6.07, 6.45) is 8.25. The quantitative estimate of drug-likeness (QED) is 0.919. The number of anilines is 1. The topological polar surface area (TPSA) is 49.8 Å². The summed E-state index contributed by atoms with van der Waals surface area (Å²) < 4.78 is 2.20. The van der Waals surface area contributed by atoms with Gasteiger partial charge in [0.1, 0.15) is 0 Å². The van der Waals surface area contributed by atoms with Gasteiger partial charge in [-0.3, -0.25) is 4.90 Å². The fourth-order valence-electron chi connectivity index (χ4n) is 3.65. The van der Waals surface area contributed by atoms with Gasteiger partial charge in [0.15, 0.2) is 5.65 Å². The van der Waals surface area contributed by atoms with E-state index in [2.05, 4.69) is 39.6 Å². The van der Waals surface area contributed by atoms with Gasteiger partial charge in [0.25, 0.3) is 0 Å². The number of piperazine rings is 1. The molecule has 2 aliphatic rings. The summed E-state index contributed by atoms with van der Waals surface area (Å²) >= 11 is 0. The number of hydrogen-bond acceptors (Lipinski definition) is 4. The van der Waals surface area contributed by atoms with Crippen molar-refractivity contribution >= 4 is 11.3 Å². The van der Waals surface area contributed by atoms with E-state index in [-0.39, 0.29) is 0 Å². The molecule has 124 valence electrons. The zero-order valence-electron chi connectivity index (χ0n) is 14.0. The minimum absolute atomic E-state index is 0.504. The summed E-state index contributed by atoms with van der Waals surface area (Å²) in [6.45, 7) is 8.46. The van der Waals surface area contributed by atoms with Crippen molar-refractivity contribution < 1.29 is 0 Å². The molecule has 1 saturated carbocycles. The molecule has 5 heteroatoms. The SMILES string of the molecule is CCCN1CCN(c2cc(C3CC3)cn3cc(CN)nc23)CC1. The molecule has 3 heterocycles. The molecule has 2 fully saturated rings. The highest BCUT2D eigenvalue weighted by Gasteiger charge is 2.27. The Labute approximate surface area is 138 Å². The Morgan fingerprint density at radius 1 is 1.17 bits per heavy atom. The highest BCUT2D eigenvalue weighted by molar-refractivity contribution is 5.71. The largest absolute Gasteiger partial charge is 0.366 e. The van der Waals surface area contributed by atoms with Gasteiger partial charge in [0, 0.05) is 45.1 Å². The van der Waals surface area contributed by atoms with Crippen LogP contribution < -0.4 is 10.6 Å². The highest BCUT2D eigenvalue weighted by atomic mass is 15.3. The van der Waals surface area contributed by atoms with E-state index in [0.29, 0.717) is 6.54 Å². The molecule has 1 saturated heterocycles. The number of rotatable bonds is 5. The molecule has 1 aliphatic carbocycles. The molecule has 2 aromatic heterocycles. The standard InChI is InChI=1S/C18H27N5/c1-2-5-21-6-8-22(9-7-21)17-10-15(14-3-4-14)12-23-13-16(11-19)20-18(17)23/h10,12-14H,2-9,11,19H2,1H3. The molecular weight excluding hydrogens is 286 g/mol. The maximum absolute atomic E-state index is 5.81. The Hall–Kier alpha value is -1.59. The Bertz CT molecular complexity index is 680. The third kappa shape index (κ3) is 2.95. The molecule has 0 aromatic carbocycles. The molecule has 0 atom stereocenters. The van der Waals surface area contributed by atoms with Crippen LogP contribution in [-0.4, -0.2) is 47.0 Å². The van der Waals surface area contributed by atoms with Crippen molar-refractivity contribution in [3.63, 3.8) is 0 Å². The van der Waals surface area contributed by atoms with Crippen LogP contribution in [0.5, 0.6) is 0 Å². The van der Waals surface area contributed by atoms with E-state index in [0.717, 1.165) is 43.4 Å². The monoisotopic (exact) mass is 313 g/mol. The van der Waals surface area contributed by atoms with Crippen LogP contribution in [0.15, 0.2) is 18.5 Å². The van der Waals surface area contributed by atoms with Gasteiger partial charge in [0.05, 0.1) is 11.4 Å². The van der Waals surface area contributed by atoms with Crippen molar-refractivity contribution in [3.8, 4) is 0 Å². The van der Waals surface area contributed by atoms with Crippen molar-refractivity contribution in [1.29, 1.82) is 0 Å². The van der Waals surface area contributed by atoms with E-state index in [4.69, 9.17) is 10.7 Å². The first-order valence-corrected chi connectivity index (χ1v) is 8.97. The summed E-state index contributed by atoms with van der Waals surface area (Å²) in [5.74, 6) is 0.753. The van der Waals surface area contributed by atoms with Gasteiger partial charge in [0.2, 0.25) is 0 Å². The fraction of sp³-hybridized carbons (Fsp3) is 0.611. The Kier molecular flexibility index (Phi) is 3.99. The first-order valence-electron chi connectivity index (χ1n) is 8.97. The van der Waals surface area contributed by atoms with Crippen LogP contribution in [0.2, 0.25) is 0 Å². The number of nitrogens with zero attached hydrogens (tertiary/aromatic N) is 4. The van der Waals surface area contributed by atoms with Gasteiger partial charge in [-0.15, -0.1) is 0 Å². The number of nitrogens with two attached hydrogens (primary N) is 1. The molecule has 0 radical (unpaired) electrons. The maximum atomic E-state index is 5.81. The van der Waals surface area contributed by atoms with Gasteiger partial charge >= 0.3 is 0 Å². The van der Waals surface area contributed by atoms with Crippen molar-refractivity contribution in [2.75, 3.05) is 37.6 Å². The Morgan fingerprint density at radius 2 is 1.96 bits per heavy atom. The van der Waals surface area contributed by atoms with E-state index >= 15 is 0 Å². The number of fused-ring (bicyclic) bond motifs is 1. The van der Waals surface area contributed by atoms with Crippen LogP contribution in [0.1, 0.15) is 43.4 Å². The molecule has 5 nitrogen and oxygen atoms in total. The maximum Gasteiger partial charge on any atom is 0.160 e. The van der Waals surface area contributed by atoms with Crippen LogP contribution in [-0.2, 0) is 6.54 Å². The van der Waals surface area contributed by atoms with Crippen LogP contribution in [0.4, 0.5) is 5.69 Å². The Balaban J connectivity index is 1.66. The molecule has 2 N–H and O–H groups in total. The van der Waals surface area contributed by atoms with Gasteiger partial charge < -0.3 is 15.0 Å². The molecule has 0 spiro atoms. The highest BCUT2D eigenvalue weighted by Crippen LogP contribution is 2.41. The summed E-state index contributed by atoms with van der Waals surface area (Å²) in [4.78, 5) is 9.84. The van der Waals surface area contributed by atoms with Gasteiger partial charge in [-0.25, -0.2) is 4.98 Å². The predicted molar refractivity (Wildman–Crippen MR) is 94.0 cm³/mol. The minimum Gasteiger partial charge on any atom is -0.366 e. The molecule has 2 aromatic rings. The lowest BCUT2D eigenvalue weighted by Gasteiger charge is -2.36. The second kappa shape index (κ2) is 6.13. The average Bonchev–Trinajstić information content (AvgIpc) is 3.34. The smallest absolute Gasteiger partial charge is 0.160 e. The summed E-state index contributed by atoms with van der Waals surface area (Å²) in [6, 6.07) is 2.38. The second-order valence-electron chi connectivity index (χ2n) is 6.93. The van der Waals surface area contributed by atoms with E-state index in [1.807, 2.05) is 0 Å². The van der Waals surface area contributed by atoms with E-state index < -0.39 is 0 Å². The van der Waals surface area contributed by atoms with E-state index in [1.165, 1.54) is 37.1 Å². The minimum atomic E-state index is 0.504. The lowest BCUT2D eigenvalue weighted by atomic mass is 10.1. The third-order valence-electron chi connectivity index (χ3n) is 5.11. The summed E-state index contributed by atoms with van der Waals surface area (Å²) in [7, 11) is 0. The van der Waals surface area contributed by atoms with Crippen molar-refractivity contribution in [1.82, 2.24) is 14.3 Å². The van der Waals surface area contributed by atoms with Crippen molar-refractivity contribution in [2.45, 2.75) is 38.6 Å². The zero-order chi connectivity index (χ0) is 15.8. The Morgan fingerprint density at radius 3 is 2.61 bits per heavy atom. The predicted octanol–water partition coefficient (Wildman–Crippen LogP) is 2.20. The molecule has 1 aliphatic heterocycles. The van der Waals surface area contributed by atoms with E-state index in [1.54, 1.807) is 0 Å². The molecular formula is C18H27N5. The van der Waals surface area contributed by atoms with Crippen LogP contribution in [0, 0.1) is 0 Å². The molecule has 0 amide bonds. The van der Waals surface area contributed by atoms with Crippen LogP contribution >= 0.6 is 0 Å².